The fourth-order valence-corrected chi connectivity index (χ4v) is 2.90. The number of nitrogens with zero attached hydrogens (tertiary/aromatic N) is 1. The van der Waals surface area contributed by atoms with Crippen molar-refractivity contribution in [3.05, 3.63) is 59.9 Å². The summed E-state index contributed by atoms with van der Waals surface area (Å²) >= 11 is 0. The average Bonchev–Trinajstić information content (AvgIpc) is 2.80. The summed E-state index contributed by atoms with van der Waals surface area (Å²) in [5, 5.41) is 5.09. The highest BCUT2D eigenvalue weighted by atomic mass is 19.1. The van der Waals surface area contributed by atoms with E-state index in [1.807, 2.05) is 0 Å². The van der Waals surface area contributed by atoms with Crippen LogP contribution in [-0.4, -0.2) is 61.9 Å². The second-order valence-electron chi connectivity index (χ2n) is 7.81. The Morgan fingerprint density at radius 1 is 1.06 bits per heavy atom. The summed E-state index contributed by atoms with van der Waals surface area (Å²) in [6, 6.07) is 11.0. The molecule has 2 aromatic rings. The third kappa shape index (κ3) is 7.58. The zero-order valence-electron chi connectivity index (χ0n) is 19.5. The molecule has 0 aliphatic rings. The van der Waals surface area contributed by atoms with Crippen molar-refractivity contribution in [3.8, 4) is 5.75 Å². The highest BCUT2D eigenvalue weighted by molar-refractivity contribution is 5.97. The molecule has 0 radical (unpaired) electrons. The van der Waals surface area contributed by atoms with Gasteiger partial charge in [-0.15, -0.1) is 0 Å². The van der Waals surface area contributed by atoms with Gasteiger partial charge in [0.25, 0.3) is 11.8 Å². The van der Waals surface area contributed by atoms with Crippen molar-refractivity contribution in [1.82, 2.24) is 10.2 Å². The Bertz CT molecular complexity index is 1040. The summed E-state index contributed by atoms with van der Waals surface area (Å²) in [6.45, 7) is 2.45. The number of carbonyl (C=O) groups excluding carboxylic acids is 4. The van der Waals surface area contributed by atoms with Crippen LogP contribution in [0, 0.1) is 11.7 Å². The van der Waals surface area contributed by atoms with Crippen molar-refractivity contribution in [3.63, 3.8) is 0 Å². The van der Waals surface area contributed by atoms with Gasteiger partial charge in [0.2, 0.25) is 5.91 Å². The van der Waals surface area contributed by atoms with E-state index in [1.165, 1.54) is 32.4 Å². The molecule has 0 spiro atoms. The highest BCUT2D eigenvalue weighted by Gasteiger charge is 2.28. The van der Waals surface area contributed by atoms with Gasteiger partial charge in [0.05, 0.1) is 19.2 Å². The summed E-state index contributed by atoms with van der Waals surface area (Å²) in [4.78, 5) is 50.5. The van der Waals surface area contributed by atoms with E-state index < -0.39 is 42.2 Å². The minimum atomic E-state index is -1.10. The van der Waals surface area contributed by atoms with Crippen molar-refractivity contribution >= 4 is 29.4 Å². The minimum Gasteiger partial charge on any atom is -0.497 e. The number of anilines is 1. The van der Waals surface area contributed by atoms with Gasteiger partial charge in [0.15, 0.2) is 6.61 Å². The first-order valence-electron chi connectivity index (χ1n) is 10.5. The number of nitrogens with one attached hydrogen (secondary N) is 2. The molecule has 0 saturated heterocycles. The van der Waals surface area contributed by atoms with E-state index in [0.717, 1.165) is 11.0 Å². The van der Waals surface area contributed by atoms with Crippen molar-refractivity contribution < 1.29 is 33.0 Å². The van der Waals surface area contributed by atoms with E-state index in [-0.39, 0.29) is 18.0 Å². The van der Waals surface area contributed by atoms with Crippen LogP contribution in [0.4, 0.5) is 10.1 Å². The number of esters is 1. The van der Waals surface area contributed by atoms with Crippen LogP contribution >= 0.6 is 0 Å². The molecule has 2 rings (SSSR count). The molecule has 0 fully saturated rings. The third-order valence-electron chi connectivity index (χ3n) is 4.82. The van der Waals surface area contributed by atoms with E-state index in [4.69, 9.17) is 9.47 Å². The molecule has 0 aliphatic carbocycles. The van der Waals surface area contributed by atoms with Crippen LogP contribution in [0.15, 0.2) is 48.5 Å². The van der Waals surface area contributed by atoms with E-state index in [0.29, 0.717) is 11.4 Å². The molecule has 9 nitrogen and oxygen atoms in total. The van der Waals surface area contributed by atoms with Crippen LogP contribution < -0.4 is 15.4 Å². The van der Waals surface area contributed by atoms with Gasteiger partial charge in [-0.25, -0.2) is 9.18 Å². The maximum atomic E-state index is 13.8. The lowest BCUT2D eigenvalue weighted by atomic mass is 10.0. The Kier molecular flexibility index (Phi) is 9.54. The van der Waals surface area contributed by atoms with Gasteiger partial charge < -0.3 is 25.0 Å². The summed E-state index contributed by atoms with van der Waals surface area (Å²) in [5.74, 6) is -3.22. The number of carbonyl (C=O) groups is 4. The lowest BCUT2D eigenvalue weighted by Gasteiger charge is -2.22. The number of hydrogen-bond acceptors (Lipinski definition) is 6. The second-order valence-corrected chi connectivity index (χ2v) is 7.81. The van der Waals surface area contributed by atoms with Crippen LogP contribution in [0.2, 0.25) is 0 Å². The SMILES string of the molecule is COc1cccc(NC(=O)CN(C)C(=O)COC(=O)[C@@H](NC(=O)c2ccccc2F)C(C)C)c1. The molecule has 0 aliphatic heterocycles. The Morgan fingerprint density at radius 3 is 2.41 bits per heavy atom. The molecule has 0 heterocycles. The summed E-state index contributed by atoms with van der Waals surface area (Å²) in [7, 11) is 2.89. The second kappa shape index (κ2) is 12.3. The molecule has 3 amide bonds. The van der Waals surface area contributed by atoms with Crippen molar-refractivity contribution in [1.29, 1.82) is 0 Å². The topological polar surface area (TPSA) is 114 Å². The standard InChI is InChI=1S/C24H28FN3O6/c1-15(2)22(27-23(31)18-10-5-6-11-19(18)25)24(32)34-14-21(30)28(3)13-20(29)26-16-8-7-9-17(12-16)33-4/h5-12,15,22H,13-14H2,1-4H3,(H,26,29)(H,27,31)/t22-/m0/s1. The molecule has 10 heteroatoms. The molecular formula is C24H28FN3O6. The number of rotatable bonds is 10. The zero-order valence-corrected chi connectivity index (χ0v) is 19.5. The number of amides is 3. The van der Waals surface area contributed by atoms with Gasteiger partial charge in [0.1, 0.15) is 17.6 Å². The van der Waals surface area contributed by atoms with E-state index in [9.17, 15) is 23.6 Å². The van der Waals surface area contributed by atoms with E-state index in [2.05, 4.69) is 10.6 Å². The zero-order chi connectivity index (χ0) is 25.3. The maximum absolute atomic E-state index is 13.8. The van der Waals surface area contributed by atoms with Gasteiger partial charge in [-0.1, -0.05) is 32.0 Å². The van der Waals surface area contributed by atoms with Gasteiger partial charge in [-0.05, 0) is 30.2 Å². The molecular weight excluding hydrogens is 445 g/mol. The van der Waals surface area contributed by atoms with Crippen LogP contribution in [0.3, 0.4) is 0 Å². The number of hydrogen-bond donors (Lipinski definition) is 2. The quantitative estimate of drug-likeness (QED) is 0.512. The molecule has 2 aromatic carbocycles. The van der Waals surface area contributed by atoms with Gasteiger partial charge >= 0.3 is 5.97 Å². The van der Waals surface area contributed by atoms with Gasteiger partial charge in [-0.2, -0.15) is 0 Å². The van der Waals surface area contributed by atoms with Crippen LogP contribution in [0.25, 0.3) is 0 Å². The fraction of sp³-hybridized carbons (Fsp3) is 0.333. The van der Waals surface area contributed by atoms with Crippen LogP contribution in [0.1, 0.15) is 24.2 Å². The highest BCUT2D eigenvalue weighted by Crippen LogP contribution is 2.16. The normalized spacial score (nSPS) is 11.4. The Labute approximate surface area is 197 Å². The molecule has 0 saturated carbocycles. The molecule has 34 heavy (non-hydrogen) atoms. The Hall–Kier alpha value is -3.95. The molecule has 182 valence electrons. The summed E-state index contributed by atoms with van der Waals surface area (Å²) in [6.07, 6.45) is 0. The monoisotopic (exact) mass is 473 g/mol. The average molecular weight is 474 g/mol. The maximum Gasteiger partial charge on any atom is 0.329 e. The van der Waals surface area contributed by atoms with Crippen molar-refractivity contribution in [2.75, 3.05) is 32.6 Å². The summed E-state index contributed by atoms with van der Waals surface area (Å²) < 4.78 is 24.0. The molecule has 0 aromatic heterocycles. The molecule has 2 N–H and O–H groups in total. The third-order valence-corrected chi connectivity index (χ3v) is 4.82. The number of ether oxygens (including phenoxy) is 2. The lowest BCUT2D eigenvalue weighted by Crippen LogP contribution is -2.46. The number of benzene rings is 2. The molecule has 1 atom stereocenters. The first kappa shape index (κ1) is 26.3. The lowest BCUT2D eigenvalue weighted by molar-refractivity contribution is -0.154. The first-order chi connectivity index (χ1) is 16.1. The molecule has 0 bridgehead atoms. The predicted octanol–water partition coefficient (Wildman–Crippen LogP) is 2.23. The fourth-order valence-electron chi connectivity index (χ4n) is 2.90. The van der Waals surface area contributed by atoms with E-state index in [1.54, 1.807) is 38.1 Å². The van der Waals surface area contributed by atoms with Gasteiger partial charge in [-0.3, -0.25) is 14.4 Å². The number of halogens is 1. The van der Waals surface area contributed by atoms with Gasteiger partial charge in [0, 0.05) is 18.8 Å². The Morgan fingerprint density at radius 2 is 1.76 bits per heavy atom. The minimum absolute atomic E-state index is 0.209. The van der Waals surface area contributed by atoms with E-state index >= 15 is 0 Å². The van der Waals surface area contributed by atoms with Crippen LogP contribution in [0.5, 0.6) is 5.75 Å². The number of methoxy groups -OCH3 is 1. The predicted molar refractivity (Wildman–Crippen MR) is 123 cm³/mol. The van der Waals surface area contributed by atoms with Crippen molar-refractivity contribution in [2.45, 2.75) is 19.9 Å². The largest absolute Gasteiger partial charge is 0.497 e. The number of likely N-dealkylation sites (N-methyl/N-ethyl adjacent to an activating group) is 1. The van der Waals surface area contributed by atoms with Crippen LogP contribution in [-0.2, 0) is 19.1 Å². The summed E-state index contributed by atoms with van der Waals surface area (Å²) in [5.41, 5.74) is 0.292. The van der Waals surface area contributed by atoms with Crippen molar-refractivity contribution in [2.24, 2.45) is 5.92 Å². The first-order valence-corrected chi connectivity index (χ1v) is 10.5. The Balaban J connectivity index is 1.88. The molecule has 0 unspecified atom stereocenters. The smallest absolute Gasteiger partial charge is 0.329 e.